The molecule has 2 aliphatic heterocycles. The molecule has 1 saturated heterocycles. The zero-order valence-electron chi connectivity index (χ0n) is 13.1. The molecular weight excluding hydrogens is 302 g/mol. The fourth-order valence-corrected chi connectivity index (χ4v) is 3.31. The van der Waals surface area contributed by atoms with E-state index in [-0.39, 0.29) is 18.4 Å². The smallest absolute Gasteiger partial charge is 0.251 e. The van der Waals surface area contributed by atoms with Crippen LogP contribution in [0.3, 0.4) is 0 Å². The fourth-order valence-electron chi connectivity index (χ4n) is 3.31. The van der Waals surface area contributed by atoms with Gasteiger partial charge in [-0.2, -0.15) is 0 Å². The Morgan fingerprint density at radius 1 is 1.22 bits per heavy atom. The Morgan fingerprint density at radius 3 is 2.87 bits per heavy atom. The maximum atomic E-state index is 12.7. The summed E-state index contributed by atoms with van der Waals surface area (Å²) in [5.41, 5.74) is 1.06. The van der Waals surface area contributed by atoms with E-state index in [0.29, 0.717) is 39.2 Å². The first-order valence-electron chi connectivity index (χ1n) is 8.13. The molecule has 0 saturated carbocycles. The SMILES string of the molecule is O=C(C1COc2ccccc2C1)N1CCCN(CC(F)F)CC1. The summed E-state index contributed by atoms with van der Waals surface area (Å²) in [6.45, 7) is 2.48. The largest absolute Gasteiger partial charge is 0.492 e. The number of halogens is 2. The first-order valence-corrected chi connectivity index (χ1v) is 8.13. The van der Waals surface area contributed by atoms with Crippen molar-refractivity contribution in [1.82, 2.24) is 9.80 Å². The third-order valence-corrected chi connectivity index (χ3v) is 4.52. The number of amides is 1. The highest BCUT2D eigenvalue weighted by atomic mass is 19.3. The van der Waals surface area contributed by atoms with Crippen molar-refractivity contribution in [1.29, 1.82) is 0 Å². The van der Waals surface area contributed by atoms with Gasteiger partial charge in [0.25, 0.3) is 6.43 Å². The van der Waals surface area contributed by atoms with Gasteiger partial charge in [-0.25, -0.2) is 8.78 Å². The van der Waals surface area contributed by atoms with Gasteiger partial charge >= 0.3 is 0 Å². The Bertz CT molecular complexity index is 553. The molecular formula is C17H22F2N2O2. The Balaban J connectivity index is 1.58. The predicted octanol–water partition coefficient (Wildman–Crippen LogP) is 2.04. The Kier molecular flexibility index (Phi) is 5.10. The van der Waals surface area contributed by atoms with Crippen molar-refractivity contribution in [3.63, 3.8) is 0 Å². The van der Waals surface area contributed by atoms with E-state index in [2.05, 4.69) is 0 Å². The van der Waals surface area contributed by atoms with E-state index in [1.165, 1.54) is 0 Å². The molecule has 2 aliphatic rings. The fraction of sp³-hybridized carbons (Fsp3) is 0.588. The summed E-state index contributed by atoms with van der Waals surface area (Å²) >= 11 is 0. The minimum atomic E-state index is -2.32. The third kappa shape index (κ3) is 3.99. The number of fused-ring (bicyclic) bond motifs is 1. The van der Waals surface area contributed by atoms with Crippen LogP contribution in [0, 0.1) is 5.92 Å². The van der Waals surface area contributed by atoms with Crippen LogP contribution in [-0.2, 0) is 11.2 Å². The molecule has 1 aromatic rings. The molecule has 3 rings (SSSR count). The van der Waals surface area contributed by atoms with Crippen LogP contribution < -0.4 is 4.74 Å². The van der Waals surface area contributed by atoms with Gasteiger partial charge in [0.2, 0.25) is 5.91 Å². The van der Waals surface area contributed by atoms with Crippen molar-refractivity contribution in [2.24, 2.45) is 5.92 Å². The molecule has 1 atom stereocenters. The summed E-state index contributed by atoms with van der Waals surface area (Å²) in [5.74, 6) is 0.764. The van der Waals surface area contributed by atoms with Gasteiger partial charge in [-0.3, -0.25) is 9.69 Å². The minimum Gasteiger partial charge on any atom is -0.492 e. The molecule has 0 aromatic heterocycles. The van der Waals surface area contributed by atoms with Gasteiger partial charge < -0.3 is 9.64 Å². The molecule has 0 N–H and O–H groups in total. The van der Waals surface area contributed by atoms with Crippen molar-refractivity contribution < 1.29 is 18.3 Å². The maximum absolute atomic E-state index is 12.7. The Labute approximate surface area is 135 Å². The standard InChI is InChI=1S/C17H22F2N2O2/c18-16(19)11-20-6-3-7-21(9-8-20)17(22)14-10-13-4-1-2-5-15(13)23-12-14/h1-2,4-5,14,16H,3,6-12H2. The van der Waals surface area contributed by atoms with Crippen molar-refractivity contribution >= 4 is 5.91 Å². The summed E-state index contributed by atoms with van der Waals surface area (Å²) in [5, 5.41) is 0. The number of benzene rings is 1. The number of hydrogen-bond donors (Lipinski definition) is 0. The van der Waals surface area contributed by atoms with E-state index in [1.54, 1.807) is 4.90 Å². The molecule has 23 heavy (non-hydrogen) atoms. The molecule has 1 amide bonds. The van der Waals surface area contributed by atoms with Crippen LogP contribution in [0.1, 0.15) is 12.0 Å². The summed E-state index contributed by atoms with van der Waals surface area (Å²) < 4.78 is 30.7. The molecule has 126 valence electrons. The van der Waals surface area contributed by atoms with E-state index < -0.39 is 6.43 Å². The number of rotatable bonds is 3. The number of nitrogens with zero attached hydrogens (tertiary/aromatic N) is 2. The lowest BCUT2D eigenvalue weighted by molar-refractivity contribution is -0.136. The average molecular weight is 324 g/mol. The topological polar surface area (TPSA) is 32.8 Å². The van der Waals surface area contributed by atoms with E-state index in [0.717, 1.165) is 17.7 Å². The van der Waals surface area contributed by atoms with Crippen LogP contribution in [0.15, 0.2) is 24.3 Å². The second-order valence-corrected chi connectivity index (χ2v) is 6.19. The molecule has 2 heterocycles. The van der Waals surface area contributed by atoms with Gasteiger partial charge in [-0.15, -0.1) is 0 Å². The number of alkyl halides is 2. The summed E-state index contributed by atoms with van der Waals surface area (Å²) in [6.07, 6.45) is -0.894. The highest BCUT2D eigenvalue weighted by Crippen LogP contribution is 2.28. The first kappa shape index (κ1) is 16.2. The van der Waals surface area contributed by atoms with Gasteiger partial charge in [-0.05, 0) is 24.5 Å². The Hall–Kier alpha value is -1.69. The lowest BCUT2D eigenvalue weighted by atomic mass is 9.95. The summed E-state index contributed by atoms with van der Waals surface area (Å²) in [7, 11) is 0. The Morgan fingerprint density at radius 2 is 2.04 bits per heavy atom. The average Bonchev–Trinajstić information content (AvgIpc) is 2.79. The summed E-state index contributed by atoms with van der Waals surface area (Å²) in [4.78, 5) is 16.3. The zero-order chi connectivity index (χ0) is 16.2. The van der Waals surface area contributed by atoms with Crippen LogP contribution in [0.5, 0.6) is 5.75 Å². The molecule has 1 aromatic carbocycles. The van der Waals surface area contributed by atoms with E-state index in [1.807, 2.05) is 29.2 Å². The number of hydrogen-bond acceptors (Lipinski definition) is 3. The second-order valence-electron chi connectivity index (χ2n) is 6.19. The molecule has 1 unspecified atom stereocenters. The molecule has 0 radical (unpaired) electrons. The summed E-state index contributed by atoms with van der Waals surface area (Å²) in [6, 6.07) is 7.78. The quantitative estimate of drug-likeness (QED) is 0.853. The molecule has 1 fully saturated rings. The van der Waals surface area contributed by atoms with Crippen molar-refractivity contribution in [3.05, 3.63) is 29.8 Å². The highest BCUT2D eigenvalue weighted by Gasteiger charge is 2.30. The van der Waals surface area contributed by atoms with Crippen LogP contribution in [0.2, 0.25) is 0 Å². The highest BCUT2D eigenvalue weighted by molar-refractivity contribution is 5.79. The number of carbonyl (C=O) groups is 1. The van der Waals surface area contributed by atoms with Crippen molar-refractivity contribution in [3.8, 4) is 5.75 Å². The van der Waals surface area contributed by atoms with Crippen LogP contribution in [0.4, 0.5) is 8.78 Å². The lowest BCUT2D eigenvalue weighted by Gasteiger charge is -2.29. The number of para-hydroxylation sites is 1. The van der Waals surface area contributed by atoms with Crippen LogP contribution in [0.25, 0.3) is 0 Å². The number of ether oxygens (including phenoxy) is 1. The van der Waals surface area contributed by atoms with E-state index in [4.69, 9.17) is 4.74 Å². The van der Waals surface area contributed by atoms with Crippen molar-refractivity contribution in [2.75, 3.05) is 39.3 Å². The van der Waals surface area contributed by atoms with Gasteiger partial charge in [0.05, 0.1) is 12.5 Å². The van der Waals surface area contributed by atoms with Crippen LogP contribution in [-0.4, -0.2) is 61.5 Å². The lowest BCUT2D eigenvalue weighted by Crippen LogP contribution is -2.42. The molecule has 6 heteroatoms. The normalized spacial score (nSPS) is 22.4. The third-order valence-electron chi connectivity index (χ3n) is 4.52. The predicted molar refractivity (Wildman–Crippen MR) is 82.8 cm³/mol. The van der Waals surface area contributed by atoms with Crippen molar-refractivity contribution in [2.45, 2.75) is 19.3 Å². The second kappa shape index (κ2) is 7.25. The maximum Gasteiger partial charge on any atom is 0.251 e. The van der Waals surface area contributed by atoms with Crippen LogP contribution >= 0.6 is 0 Å². The van der Waals surface area contributed by atoms with Gasteiger partial charge in [0.15, 0.2) is 0 Å². The van der Waals surface area contributed by atoms with Gasteiger partial charge in [-0.1, -0.05) is 18.2 Å². The monoisotopic (exact) mass is 324 g/mol. The van der Waals surface area contributed by atoms with E-state index >= 15 is 0 Å². The first-order chi connectivity index (χ1) is 11.1. The molecule has 0 bridgehead atoms. The van der Waals surface area contributed by atoms with E-state index in [9.17, 15) is 13.6 Å². The zero-order valence-corrected chi connectivity index (χ0v) is 13.1. The molecule has 0 aliphatic carbocycles. The van der Waals surface area contributed by atoms with Gasteiger partial charge in [0.1, 0.15) is 12.4 Å². The minimum absolute atomic E-state index is 0.0819. The molecule has 4 nitrogen and oxygen atoms in total. The molecule has 0 spiro atoms. The van der Waals surface area contributed by atoms with Gasteiger partial charge in [0, 0.05) is 26.2 Å². The number of carbonyl (C=O) groups excluding carboxylic acids is 1.